The van der Waals surface area contributed by atoms with E-state index in [-0.39, 0.29) is 5.60 Å². The Kier molecular flexibility index (Phi) is 5.28. The van der Waals surface area contributed by atoms with Crippen molar-refractivity contribution in [3.05, 3.63) is 23.7 Å². The van der Waals surface area contributed by atoms with Crippen molar-refractivity contribution in [3.63, 3.8) is 0 Å². The van der Waals surface area contributed by atoms with Crippen LogP contribution >= 0.6 is 11.3 Å². The van der Waals surface area contributed by atoms with Gasteiger partial charge in [0.1, 0.15) is 17.0 Å². The average molecular weight is 385 g/mol. The molecule has 3 aromatic heterocycles. The van der Waals surface area contributed by atoms with Gasteiger partial charge in [-0.05, 0) is 26.3 Å². The van der Waals surface area contributed by atoms with Crippen LogP contribution in [0.1, 0.15) is 64.1 Å². The van der Waals surface area contributed by atoms with E-state index in [1.54, 1.807) is 17.7 Å². The summed E-state index contributed by atoms with van der Waals surface area (Å²) in [5, 5.41) is 4.63. The van der Waals surface area contributed by atoms with Gasteiger partial charge in [0, 0.05) is 23.9 Å². The van der Waals surface area contributed by atoms with Gasteiger partial charge in [0.2, 0.25) is 0 Å². The lowest BCUT2D eigenvalue weighted by Crippen LogP contribution is -2.32. The van der Waals surface area contributed by atoms with Gasteiger partial charge in [-0.2, -0.15) is 0 Å². The number of aromatic nitrogens is 3. The van der Waals surface area contributed by atoms with Crippen LogP contribution in [-0.2, 0) is 17.8 Å². The molecular formula is C21H28N4OS. The number of pyridine rings is 1. The molecule has 0 fully saturated rings. The first-order chi connectivity index (χ1) is 13.1. The first-order valence-electron chi connectivity index (χ1n) is 10.0. The molecule has 0 saturated heterocycles. The van der Waals surface area contributed by atoms with Crippen LogP contribution < -0.4 is 5.32 Å². The molecule has 4 rings (SSSR count). The smallest absolute Gasteiger partial charge is 0.147 e. The molecule has 6 heteroatoms. The number of anilines is 1. The maximum Gasteiger partial charge on any atom is 0.147 e. The van der Waals surface area contributed by atoms with E-state index in [2.05, 4.69) is 42.1 Å². The third-order valence-corrected chi connectivity index (χ3v) is 6.29. The van der Waals surface area contributed by atoms with E-state index < -0.39 is 0 Å². The van der Waals surface area contributed by atoms with Crippen molar-refractivity contribution in [2.75, 3.05) is 11.9 Å². The van der Waals surface area contributed by atoms with Crippen LogP contribution in [-0.4, -0.2) is 27.1 Å². The molecule has 144 valence electrons. The first kappa shape index (κ1) is 18.6. The largest absolute Gasteiger partial charge is 0.370 e. The van der Waals surface area contributed by atoms with Crippen LogP contribution in [0.3, 0.4) is 0 Å². The van der Waals surface area contributed by atoms with Gasteiger partial charge >= 0.3 is 0 Å². The Balaban J connectivity index is 1.60. The zero-order valence-corrected chi connectivity index (χ0v) is 17.3. The molecule has 5 nitrogen and oxygen atoms in total. The number of thiophene rings is 1. The van der Waals surface area contributed by atoms with Crippen LogP contribution in [0, 0.1) is 0 Å². The minimum absolute atomic E-state index is 0.144. The number of hydrogen-bond donors (Lipinski definition) is 1. The molecule has 0 bridgehead atoms. The number of nitrogens with zero attached hydrogens (tertiary/aromatic N) is 3. The molecule has 4 heterocycles. The summed E-state index contributed by atoms with van der Waals surface area (Å²) in [4.78, 5) is 15.1. The number of fused-ring (bicyclic) bond motifs is 4. The summed E-state index contributed by atoms with van der Waals surface area (Å²) < 4.78 is 7.07. The van der Waals surface area contributed by atoms with Crippen molar-refractivity contribution in [3.8, 4) is 0 Å². The first-order valence-corrected chi connectivity index (χ1v) is 10.8. The maximum absolute atomic E-state index is 5.96. The molecule has 0 aliphatic carbocycles. The summed E-state index contributed by atoms with van der Waals surface area (Å²) in [5.41, 5.74) is 3.20. The Morgan fingerprint density at radius 2 is 2.04 bits per heavy atom. The second-order valence-electron chi connectivity index (χ2n) is 8.02. The van der Waals surface area contributed by atoms with E-state index in [1.165, 1.54) is 37.7 Å². The van der Waals surface area contributed by atoms with Crippen molar-refractivity contribution >= 4 is 37.6 Å². The Morgan fingerprint density at radius 1 is 1.19 bits per heavy atom. The fourth-order valence-electron chi connectivity index (χ4n) is 3.65. The van der Waals surface area contributed by atoms with Gasteiger partial charge in [-0.25, -0.2) is 15.0 Å². The highest BCUT2D eigenvalue weighted by molar-refractivity contribution is 7.25. The number of ether oxygens (including phenoxy) is 1. The van der Waals surface area contributed by atoms with Gasteiger partial charge in [-0.3, -0.25) is 0 Å². The van der Waals surface area contributed by atoms with E-state index in [9.17, 15) is 0 Å². The topological polar surface area (TPSA) is 59.9 Å². The van der Waals surface area contributed by atoms with E-state index >= 15 is 0 Å². The molecule has 0 amide bonds. The fourth-order valence-corrected chi connectivity index (χ4v) is 4.74. The third-order valence-electron chi connectivity index (χ3n) is 5.20. The van der Waals surface area contributed by atoms with E-state index in [4.69, 9.17) is 9.72 Å². The molecule has 0 unspecified atom stereocenters. The quantitative estimate of drug-likeness (QED) is 0.547. The van der Waals surface area contributed by atoms with Crippen molar-refractivity contribution in [1.82, 2.24) is 15.0 Å². The third kappa shape index (κ3) is 3.92. The number of unbranched alkanes of at least 4 members (excludes halogenated alkanes) is 4. The van der Waals surface area contributed by atoms with Crippen molar-refractivity contribution in [2.45, 2.75) is 71.5 Å². The highest BCUT2D eigenvalue weighted by atomic mass is 32.1. The zero-order chi connectivity index (χ0) is 18.9. The Labute approximate surface area is 164 Å². The molecule has 1 aliphatic rings. The summed E-state index contributed by atoms with van der Waals surface area (Å²) >= 11 is 1.69. The Bertz CT molecular complexity index is 950. The molecule has 3 aromatic rings. The zero-order valence-electron chi connectivity index (χ0n) is 16.5. The summed E-state index contributed by atoms with van der Waals surface area (Å²) in [6, 6.07) is 2.22. The van der Waals surface area contributed by atoms with Crippen molar-refractivity contribution < 1.29 is 4.74 Å². The minimum atomic E-state index is -0.144. The van der Waals surface area contributed by atoms with Gasteiger partial charge < -0.3 is 10.1 Å². The van der Waals surface area contributed by atoms with Gasteiger partial charge in [-0.15, -0.1) is 11.3 Å². The van der Waals surface area contributed by atoms with Crippen LogP contribution in [0.2, 0.25) is 0 Å². The summed E-state index contributed by atoms with van der Waals surface area (Å²) in [6.45, 7) is 8.07. The molecule has 0 radical (unpaired) electrons. The maximum atomic E-state index is 5.96. The van der Waals surface area contributed by atoms with Gasteiger partial charge in [0.05, 0.1) is 28.1 Å². The molecule has 0 aromatic carbocycles. The number of hydrogen-bond acceptors (Lipinski definition) is 6. The fraction of sp³-hybridized carbons (Fsp3) is 0.571. The van der Waals surface area contributed by atoms with Gasteiger partial charge in [-0.1, -0.05) is 32.6 Å². The average Bonchev–Trinajstić information content (AvgIpc) is 3.00. The highest BCUT2D eigenvalue weighted by Gasteiger charge is 2.28. The number of rotatable bonds is 7. The van der Waals surface area contributed by atoms with Crippen molar-refractivity contribution in [1.29, 1.82) is 0 Å². The van der Waals surface area contributed by atoms with Crippen LogP contribution in [0.25, 0.3) is 20.4 Å². The highest BCUT2D eigenvalue weighted by Crippen LogP contribution is 2.37. The lowest BCUT2D eigenvalue weighted by Gasteiger charge is -2.30. The van der Waals surface area contributed by atoms with Gasteiger partial charge in [0.25, 0.3) is 0 Å². The Morgan fingerprint density at radius 3 is 2.89 bits per heavy atom. The van der Waals surface area contributed by atoms with Crippen LogP contribution in [0.5, 0.6) is 0 Å². The summed E-state index contributed by atoms with van der Waals surface area (Å²) in [6.07, 6.45) is 8.87. The van der Waals surface area contributed by atoms with Crippen LogP contribution in [0.4, 0.5) is 5.82 Å². The molecular weight excluding hydrogens is 356 g/mol. The predicted octanol–water partition coefficient (Wildman–Crippen LogP) is 5.47. The standard InChI is InChI=1S/C21H28N4OS/c1-4-5-6-7-8-9-22-19-18-17(23-13-24-19)15-10-14-12-26-21(2,3)11-16(14)25-20(15)27-18/h10,13H,4-9,11-12H2,1-3H3,(H,22,23,24). The second-order valence-corrected chi connectivity index (χ2v) is 9.01. The van der Waals surface area contributed by atoms with Crippen LogP contribution in [0.15, 0.2) is 12.4 Å². The SMILES string of the molecule is CCCCCCCNc1ncnc2c1sc1nc3c(cc12)COC(C)(C)C3. The van der Waals surface area contributed by atoms with Gasteiger partial charge in [0.15, 0.2) is 0 Å². The normalized spacial score (nSPS) is 16.0. The molecule has 27 heavy (non-hydrogen) atoms. The van der Waals surface area contributed by atoms with Crippen molar-refractivity contribution in [2.24, 2.45) is 0 Å². The monoisotopic (exact) mass is 384 g/mol. The second kappa shape index (κ2) is 7.68. The summed E-state index contributed by atoms with van der Waals surface area (Å²) in [7, 11) is 0. The summed E-state index contributed by atoms with van der Waals surface area (Å²) in [5.74, 6) is 0.938. The molecule has 1 N–H and O–H groups in total. The molecule has 0 atom stereocenters. The molecule has 0 spiro atoms. The lowest BCUT2D eigenvalue weighted by atomic mass is 9.95. The lowest BCUT2D eigenvalue weighted by molar-refractivity contribution is -0.0411. The number of nitrogens with one attached hydrogen (secondary N) is 1. The van der Waals surface area contributed by atoms with E-state index in [0.29, 0.717) is 6.61 Å². The minimum Gasteiger partial charge on any atom is -0.370 e. The molecule has 1 aliphatic heterocycles. The Hall–Kier alpha value is -1.79. The van der Waals surface area contributed by atoms with E-state index in [0.717, 1.165) is 44.9 Å². The molecule has 0 saturated carbocycles. The van der Waals surface area contributed by atoms with E-state index in [1.807, 2.05) is 0 Å². The predicted molar refractivity (Wildman–Crippen MR) is 113 cm³/mol.